The van der Waals surface area contributed by atoms with Gasteiger partial charge < -0.3 is 14.2 Å². The predicted octanol–water partition coefficient (Wildman–Crippen LogP) is 3.00. The standard InChI is InChI=1S/C20H20FN3O2/c1-14-11-16(15(2)24(14)19-5-3-18(21)4-6-19)12-17(13-22)20(25)23-7-9-26-10-8-23/h3-6,11-12H,7-10H2,1-2H3/b17-12-. The third-order valence-electron chi connectivity index (χ3n) is 4.50. The molecular weight excluding hydrogens is 333 g/mol. The molecule has 1 aliphatic heterocycles. The molecule has 1 amide bonds. The maximum atomic E-state index is 13.2. The molecule has 1 fully saturated rings. The van der Waals surface area contributed by atoms with Crippen molar-refractivity contribution in [1.82, 2.24) is 9.47 Å². The third kappa shape index (κ3) is 3.53. The Morgan fingerprint density at radius 1 is 1.23 bits per heavy atom. The van der Waals surface area contributed by atoms with Gasteiger partial charge in [-0.3, -0.25) is 4.79 Å². The first-order valence-corrected chi connectivity index (χ1v) is 8.45. The number of benzene rings is 1. The van der Waals surface area contributed by atoms with Crippen LogP contribution in [-0.2, 0) is 9.53 Å². The van der Waals surface area contributed by atoms with E-state index in [9.17, 15) is 14.4 Å². The summed E-state index contributed by atoms with van der Waals surface area (Å²) in [6.07, 6.45) is 1.63. The normalized spacial score (nSPS) is 15.0. The van der Waals surface area contributed by atoms with E-state index in [-0.39, 0.29) is 17.3 Å². The minimum Gasteiger partial charge on any atom is -0.378 e. The molecular formula is C20H20FN3O2. The molecule has 0 aliphatic carbocycles. The molecule has 1 saturated heterocycles. The second kappa shape index (κ2) is 7.54. The molecule has 0 radical (unpaired) electrons. The minimum atomic E-state index is -0.292. The average molecular weight is 353 g/mol. The Bertz CT molecular complexity index is 885. The van der Waals surface area contributed by atoms with E-state index in [1.54, 1.807) is 23.1 Å². The number of morpholine rings is 1. The lowest BCUT2D eigenvalue weighted by molar-refractivity contribution is -0.130. The lowest BCUT2D eigenvalue weighted by Gasteiger charge is -2.26. The van der Waals surface area contributed by atoms with Crippen LogP contribution in [0, 0.1) is 31.0 Å². The van der Waals surface area contributed by atoms with Crippen LogP contribution in [0.3, 0.4) is 0 Å². The van der Waals surface area contributed by atoms with Crippen molar-refractivity contribution < 1.29 is 13.9 Å². The van der Waals surface area contributed by atoms with Crippen LogP contribution in [0.4, 0.5) is 4.39 Å². The first kappa shape index (κ1) is 17.9. The Morgan fingerprint density at radius 3 is 2.50 bits per heavy atom. The Hall–Kier alpha value is -2.91. The second-order valence-electron chi connectivity index (χ2n) is 6.21. The van der Waals surface area contributed by atoms with Gasteiger partial charge in [-0.2, -0.15) is 5.26 Å². The molecule has 0 bridgehead atoms. The average Bonchev–Trinajstić information content (AvgIpc) is 2.94. The molecule has 3 rings (SSSR count). The van der Waals surface area contributed by atoms with Gasteiger partial charge in [-0.05, 0) is 55.8 Å². The maximum absolute atomic E-state index is 13.2. The molecule has 2 aromatic rings. The molecule has 0 saturated carbocycles. The zero-order chi connectivity index (χ0) is 18.7. The fourth-order valence-electron chi connectivity index (χ4n) is 3.16. The predicted molar refractivity (Wildman–Crippen MR) is 96.2 cm³/mol. The van der Waals surface area contributed by atoms with Gasteiger partial charge in [0.25, 0.3) is 5.91 Å². The van der Waals surface area contributed by atoms with Crippen molar-refractivity contribution in [2.75, 3.05) is 26.3 Å². The third-order valence-corrected chi connectivity index (χ3v) is 4.50. The summed E-state index contributed by atoms with van der Waals surface area (Å²) in [7, 11) is 0. The minimum absolute atomic E-state index is 0.103. The number of nitrogens with zero attached hydrogens (tertiary/aromatic N) is 3. The van der Waals surface area contributed by atoms with E-state index in [1.165, 1.54) is 12.1 Å². The lowest BCUT2D eigenvalue weighted by atomic mass is 10.1. The zero-order valence-electron chi connectivity index (χ0n) is 14.8. The molecule has 6 heteroatoms. The highest BCUT2D eigenvalue weighted by molar-refractivity contribution is 6.01. The number of aryl methyl sites for hydroxylation is 1. The number of carbonyl (C=O) groups excluding carboxylic acids is 1. The van der Waals surface area contributed by atoms with E-state index in [2.05, 4.69) is 0 Å². The van der Waals surface area contributed by atoms with Crippen LogP contribution >= 0.6 is 0 Å². The number of hydrogen-bond donors (Lipinski definition) is 0. The molecule has 134 valence electrons. The number of nitriles is 1. The van der Waals surface area contributed by atoms with Crippen molar-refractivity contribution >= 4 is 12.0 Å². The fraction of sp³-hybridized carbons (Fsp3) is 0.300. The van der Waals surface area contributed by atoms with Crippen molar-refractivity contribution in [3.8, 4) is 11.8 Å². The SMILES string of the molecule is Cc1cc(/C=C(/C#N)C(=O)N2CCOCC2)c(C)n1-c1ccc(F)cc1. The van der Waals surface area contributed by atoms with Crippen molar-refractivity contribution in [2.45, 2.75) is 13.8 Å². The molecule has 2 heterocycles. The van der Waals surface area contributed by atoms with E-state index in [4.69, 9.17) is 4.74 Å². The van der Waals surface area contributed by atoms with Crippen LogP contribution in [0.15, 0.2) is 35.9 Å². The van der Waals surface area contributed by atoms with Gasteiger partial charge in [0, 0.05) is 30.2 Å². The van der Waals surface area contributed by atoms with E-state index in [0.29, 0.717) is 26.3 Å². The summed E-state index contributed by atoms with van der Waals surface area (Å²) >= 11 is 0. The lowest BCUT2D eigenvalue weighted by Crippen LogP contribution is -2.41. The second-order valence-corrected chi connectivity index (χ2v) is 6.21. The molecule has 1 aromatic carbocycles. The van der Waals surface area contributed by atoms with E-state index >= 15 is 0 Å². The smallest absolute Gasteiger partial charge is 0.264 e. The van der Waals surface area contributed by atoms with Crippen LogP contribution in [0.1, 0.15) is 17.0 Å². The van der Waals surface area contributed by atoms with Gasteiger partial charge in [-0.25, -0.2) is 4.39 Å². The van der Waals surface area contributed by atoms with Gasteiger partial charge in [0.1, 0.15) is 17.5 Å². The summed E-state index contributed by atoms with van der Waals surface area (Å²) in [6, 6.07) is 10.2. The number of amides is 1. The number of rotatable bonds is 3. The molecule has 0 N–H and O–H groups in total. The van der Waals surface area contributed by atoms with Gasteiger partial charge in [0.2, 0.25) is 0 Å². The van der Waals surface area contributed by atoms with Crippen LogP contribution < -0.4 is 0 Å². The van der Waals surface area contributed by atoms with E-state index < -0.39 is 0 Å². The topological polar surface area (TPSA) is 58.3 Å². The molecule has 1 aromatic heterocycles. The first-order valence-electron chi connectivity index (χ1n) is 8.45. The van der Waals surface area contributed by atoms with Gasteiger partial charge in [-0.1, -0.05) is 0 Å². The quantitative estimate of drug-likeness (QED) is 0.630. The van der Waals surface area contributed by atoms with Crippen LogP contribution in [-0.4, -0.2) is 41.7 Å². The molecule has 1 aliphatic rings. The Balaban J connectivity index is 1.94. The highest BCUT2D eigenvalue weighted by atomic mass is 19.1. The number of hydrogen-bond acceptors (Lipinski definition) is 3. The summed E-state index contributed by atoms with van der Waals surface area (Å²) in [5, 5.41) is 9.46. The number of halogens is 1. The largest absolute Gasteiger partial charge is 0.378 e. The zero-order valence-corrected chi connectivity index (χ0v) is 14.8. The van der Waals surface area contributed by atoms with Crippen LogP contribution in [0.2, 0.25) is 0 Å². The Morgan fingerprint density at radius 2 is 1.88 bits per heavy atom. The number of aromatic nitrogens is 1. The van der Waals surface area contributed by atoms with Crippen molar-refractivity contribution in [3.63, 3.8) is 0 Å². The van der Waals surface area contributed by atoms with Gasteiger partial charge >= 0.3 is 0 Å². The molecule has 5 nitrogen and oxygen atoms in total. The summed E-state index contributed by atoms with van der Waals surface area (Å²) in [5.74, 6) is -0.568. The van der Waals surface area contributed by atoms with Gasteiger partial charge in [0.05, 0.1) is 13.2 Å². The summed E-state index contributed by atoms with van der Waals surface area (Å²) in [6.45, 7) is 5.81. The summed E-state index contributed by atoms with van der Waals surface area (Å²) in [4.78, 5) is 14.2. The number of ether oxygens (including phenoxy) is 1. The number of carbonyl (C=O) groups is 1. The van der Waals surface area contributed by atoms with Crippen LogP contribution in [0.25, 0.3) is 11.8 Å². The highest BCUT2D eigenvalue weighted by Crippen LogP contribution is 2.23. The molecule has 26 heavy (non-hydrogen) atoms. The van der Waals surface area contributed by atoms with Crippen molar-refractivity contribution in [1.29, 1.82) is 5.26 Å². The van der Waals surface area contributed by atoms with E-state index in [0.717, 1.165) is 22.6 Å². The van der Waals surface area contributed by atoms with Crippen LogP contribution in [0.5, 0.6) is 0 Å². The molecule has 0 atom stereocenters. The van der Waals surface area contributed by atoms with Gasteiger partial charge in [0.15, 0.2) is 0 Å². The van der Waals surface area contributed by atoms with Crippen molar-refractivity contribution in [3.05, 3.63) is 58.7 Å². The Kier molecular flexibility index (Phi) is 5.19. The Labute approximate surface area is 151 Å². The summed E-state index contributed by atoms with van der Waals surface area (Å²) in [5.41, 5.74) is 3.56. The molecule has 0 unspecified atom stereocenters. The van der Waals surface area contributed by atoms with Crippen molar-refractivity contribution in [2.24, 2.45) is 0 Å². The fourth-order valence-corrected chi connectivity index (χ4v) is 3.16. The molecule has 0 spiro atoms. The maximum Gasteiger partial charge on any atom is 0.264 e. The summed E-state index contributed by atoms with van der Waals surface area (Å²) < 4.78 is 20.4. The highest BCUT2D eigenvalue weighted by Gasteiger charge is 2.21. The van der Waals surface area contributed by atoms with E-state index in [1.807, 2.05) is 30.6 Å². The monoisotopic (exact) mass is 353 g/mol. The first-order chi connectivity index (χ1) is 12.5. The van der Waals surface area contributed by atoms with Gasteiger partial charge in [-0.15, -0.1) is 0 Å².